The summed E-state index contributed by atoms with van der Waals surface area (Å²) in [6, 6.07) is 14.8. The average Bonchev–Trinajstić information content (AvgIpc) is 3.20. The molecule has 0 saturated carbocycles. The van der Waals surface area contributed by atoms with Crippen LogP contribution in [0.15, 0.2) is 48.5 Å². The monoisotopic (exact) mass is 405 g/mol. The Morgan fingerprint density at radius 2 is 2.07 bits per heavy atom. The molecule has 2 aromatic carbocycles. The van der Waals surface area contributed by atoms with Crippen molar-refractivity contribution in [2.24, 2.45) is 0 Å². The standard InChI is InChI=1S/C22H23N5O3/c1-27-18-13-16(30-2)10-8-15(18)9-11-17(22(27)29)23-21(28)20-24-19(25-26-20)12-14-6-4-3-5-7-14/h3-8,10,13,17H,9,11-12H2,1-2H3,(H,23,28)(H,24,25,26). The Morgan fingerprint density at radius 1 is 1.27 bits per heavy atom. The topological polar surface area (TPSA) is 100 Å². The molecule has 1 aromatic heterocycles. The number of aryl methyl sites for hydroxylation is 1. The number of nitrogens with zero attached hydrogens (tertiary/aromatic N) is 3. The van der Waals surface area contributed by atoms with Crippen molar-refractivity contribution < 1.29 is 14.3 Å². The van der Waals surface area contributed by atoms with Gasteiger partial charge in [0.15, 0.2) is 0 Å². The highest BCUT2D eigenvalue weighted by Crippen LogP contribution is 2.30. The molecule has 0 fully saturated rings. The van der Waals surface area contributed by atoms with E-state index in [-0.39, 0.29) is 11.7 Å². The zero-order chi connectivity index (χ0) is 21.1. The third-order valence-corrected chi connectivity index (χ3v) is 5.24. The molecular weight excluding hydrogens is 382 g/mol. The number of nitrogens with one attached hydrogen (secondary N) is 2. The molecule has 1 aliphatic heterocycles. The van der Waals surface area contributed by atoms with E-state index >= 15 is 0 Å². The fourth-order valence-corrected chi connectivity index (χ4v) is 3.59. The fourth-order valence-electron chi connectivity index (χ4n) is 3.59. The summed E-state index contributed by atoms with van der Waals surface area (Å²) in [6.45, 7) is 0. The molecule has 0 aliphatic carbocycles. The molecule has 154 valence electrons. The zero-order valence-corrected chi connectivity index (χ0v) is 16.9. The van der Waals surface area contributed by atoms with Gasteiger partial charge in [-0.25, -0.2) is 4.98 Å². The Kier molecular flexibility index (Phi) is 5.47. The van der Waals surface area contributed by atoms with Crippen LogP contribution in [0.25, 0.3) is 0 Å². The second-order valence-corrected chi connectivity index (χ2v) is 7.22. The number of rotatable bonds is 5. The van der Waals surface area contributed by atoms with Gasteiger partial charge in [-0.2, -0.15) is 0 Å². The Bertz CT molecular complexity index is 1060. The molecule has 8 nitrogen and oxygen atoms in total. The minimum atomic E-state index is -0.656. The third kappa shape index (κ3) is 4.03. The minimum Gasteiger partial charge on any atom is -0.497 e. The highest BCUT2D eigenvalue weighted by molar-refractivity contribution is 6.02. The number of aromatic nitrogens is 3. The van der Waals surface area contributed by atoms with Crippen LogP contribution in [-0.2, 0) is 17.6 Å². The lowest BCUT2D eigenvalue weighted by Crippen LogP contribution is -2.47. The molecule has 4 rings (SSSR count). The number of hydrogen-bond acceptors (Lipinski definition) is 5. The summed E-state index contributed by atoms with van der Waals surface area (Å²) in [5.74, 6) is 0.647. The number of carbonyl (C=O) groups excluding carboxylic acids is 2. The molecule has 0 bridgehead atoms. The van der Waals surface area contributed by atoms with Gasteiger partial charge in [-0.3, -0.25) is 14.7 Å². The van der Waals surface area contributed by atoms with Crippen molar-refractivity contribution in [1.82, 2.24) is 20.5 Å². The Balaban J connectivity index is 1.45. The molecule has 2 amide bonds. The van der Waals surface area contributed by atoms with Crippen LogP contribution in [0.4, 0.5) is 5.69 Å². The number of fused-ring (bicyclic) bond motifs is 1. The summed E-state index contributed by atoms with van der Waals surface area (Å²) in [7, 11) is 3.29. The molecule has 2 N–H and O–H groups in total. The maximum Gasteiger partial charge on any atom is 0.291 e. The molecule has 1 atom stereocenters. The van der Waals surface area contributed by atoms with Crippen LogP contribution in [0, 0.1) is 0 Å². The predicted molar refractivity (Wildman–Crippen MR) is 112 cm³/mol. The predicted octanol–water partition coefficient (Wildman–Crippen LogP) is 2.11. The Morgan fingerprint density at radius 3 is 2.83 bits per heavy atom. The Hall–Kier alpha value is -3.68. The van der Waals surface area contributed by atoms with Crippen LogP contribution in [0.1, 0.15) is 34.0 Å². The van der Waals surface area contributed by atoms with Gasteiger partial charge in [0.1, 0.15) is 17.6 Å². The molecule has 0 radical (unpaired) electrons. The molecule has 3 aromatic rings. The van der Waals surface area contributed by atoms with Gasteiger partial charge in [0.25, 0.3) is 5.91 Å². The summed E-state index contributed by atoms with van der Waals surface area (Å²) in [5, 5.41) is 9.61. The highest BCUT2D eigenvalue weighted by atomic mass is 16.5. The van der Waals surface area contributed by atoms with Crippen LogP contribution in [0.3, 0.4) is 0 Å². The van der Waals surface area contributed by atoms with Gasteiger partial charge in [0, 0.05) is 19.5 Å². The quantitative estimate of drug-likeness (QED) is 0.677. The van der Waals surface area contributed by atoms with Crippen LogP contribution in [0.2, 0.25) is 0 Å². The number of hydrogen-bond donors (Lipinski definition) is 2. The van der Waals surface area contributed by atoms with E-state index in [0.717, 1.165) is 16.8 Å². The lowest BCUT2D eigenvalue weighted by Gasteiger charge is -2.22. The first kappa shape index (κ1) is 19.6. The first-order valence-corrected chi connectivity index (χ1v) is 9.75. The number of amides is 2. The van der Waals surface area contributed by atoms with Crippen molar-refractivity contribution in [2.45, 2.75) is 25.3 Å². The number of anilines is 1. The second kappa shape index (κ2) is 8.36. The van der Waals surface area contributed by atoms with E-state index in [4.69, 9.17) is 4.74 Å². The molecule has 2 heterocycles. The lowest BCUT2D eigenvalue weighted by atomic mass is 10.1. The number of carbonyl (C=O) groups is 2. The van der Waals surface area contributed by atoms with E-state index in [1.54, 1.807) is 19.1 Å². The second-order valence-electron chi connectivity index (χ2n) is 7.22. The maximum absolute atomic E-state index is 12.9. The fraction of sp³-hybridized carbons (Fsp3) is 0.273. The van der Waals surface area contributed by atoms with Crippen LogP contribution in [0.5, 0.6) is 5.75 Å². The SMILES string of the molecule is COc1ccc2c(c1)N(C)C(=O)C(NC(=O)c1n[nH]c(Cc3ccccc3)n1)CC2. The van der Waals surface area contributed by atoms with Gasteiger partial charge in [0.2, 0.25) is 11.7 Å². The molecule has 1 aliphatic rings. The van der Waals surface area contributed by atoms with Crippen LogP contribution in [-0.4, -0.2) is 47.2 Å². The first-order valence-electron chi connectivity index (χ1n) is 9.75. The van der Waals surface area contributed by atoms with Crippen molar-refractivity contribution in [3.8, 4) is 5.75 Å². The minimum absolute atomic E-state index is 0.0276. The number of benzene rings is 2. The smallest absolute Gasteiger partial charge is 0.291 e. The summed E-state index contributed by atoms with van der Waals surface area (Å²) in [5.41, 5.74) is 2.89. The third-order valence-electron chi connectivity index (χ3n) is 5.24. The molecule has 0 spiro atoms. The van der Waals surface area contributed by atoms with Crippen LogP contribution < -0.4 is 15.0 Å². The maximum atomic E-state index is 12.9. The molecule has 1 unspecified atom stereocenters. The molecular formula is C22H23N5O3. The van der Waals surface area contributed by atoms with Crippen LogP contribution >= 0.6 is 0 Å². The number of methoxy groups -OCH3 is 1. The number of likely N-dealkylation sites (N-methyl/N-ethyl adjacent to an activating group) is 1. The largest absolute Gasteiger partial charge is 0.497 e. The van der Waals surface area contributed by atoms with E-state index in [9.17, 15) is 9.59 Å². The van der Waals surface area contributed by atoms with Crippen molar-refractivity contribution in [1.29, 1.82) is 0 Å². The summed E-state index contributed by atoms with van der Waals surface area (Å²) >= 11 is 0. The van der Waals surface area contributed by atoms with E-state index < -0.39 is 11.9 Å². The molecule has 8 heteroatoms. The first-order chi connectivity index (χ1) is 14.5. The van der Waals surface area contributed by atoms with E-state index in [2.05, 4.69) is 20.5 Å². The van der Waals surface area contributed by atoms with E-state index in [0.29, 0.717) is 30.8 Å². The van der Waals surface area contributed by atoms with Crippen molar-refractivity contribution >= 4 is 17.5 Å². The van der Waals surface area contributed by atoms with Crippen molar-refractivity contribution in [2.75, 3.05) is 19.1 Å². The van der Waals surface area contributed by atoms with Gasteiger partial charge < -0.3 is 15.0 Å². The average molecular weight is 405 g/mol. The summed E-state index contributed by atoms with van der Waals surface area (Å²) in [4.78, 5) is 31.5. The molecule has 0 saturated heterocycles. The normalized spacial score (nSPS) is 16.0. The molecule has 30 heavy (non-hydrogen) atoms. The summed E-state index contributed by atoms with van der Waals surface area (Å²) < 4.78 is 5.27. The van der Waals surface area contributed by atoms with Gasteiger partial charge >= 0.3 is 0 Å². The van der Waals surface area contributed by atoms with E-state index in [1.165, 1.54) is 0 Å². The van der Waals surface area contributed by atoms with Gasteiger partial charge in [-0.05, 0) is 30.0 Å². The van der Waals surface area contributed by atoms with Gasteiger partial charge in [-0.15, -0.1) is 5.10 Å². The van der Waals surface area contributed by atoms with Gasteiger partial charge in [-0.1, -0.05) is 36.4 Å². The number of ether oxygens (including phenoxy) is 1. The van der Waals surface area contributed by atoms with Crippen molar-refractivity contribution in [3.63, 3.8) is 0 Å². The highest BCUT2D eigenvalue weighted by Gasteiger charge is 2.30. The summed E-state index contributed by atoms with van der Waals surface area (Å²) in [6.07, 6.45) is 1.70. The van der Waals surface area contributed by atoms with Gasteiger partial charge in [0.05, 0.1) is 12.8 Å². The Labute approximate surface area is 174 Å². The van der Waals surface area contributed by atoms with E-state index in [1.807, 2.05) is 48.5 Å². The lowest BCUT2D eigenvalue weighted by molar-refractivity contribution is -0.120. The number of H-pyrrole nitrogens is 1. The number of aromatic amines is 1. The van der Waals surface area contributed by atoms with Crippen molar-refractivity contribution in [3.05, 3.63) is 71.3 Å². The zero-order valence-electron chi connectivity index (χ0n) is 16.9.